The van der Waals surface area contributed by atoms with E-state index in [0.717, 1.165) is 6.92 Å². The van der Waals surface area contributed by atoms with E-state index in [9.17, 15) is 48.7 Å². The van der Waals surface area contributed by atoms with Gasteiger partial charge in [-0.15, -0.1) is 0 Å². The van der Waals surface area contributed by atoms with E-state index < -0.39 is 83.7 Å². The maximum absolute atomic E-state index is 14.0. The first-order valence-electron chi connectivity index (χ1n) is 6.81. The van der Waals surface area contributed by atoms with Crippen molar-refractivity contribution < 1.29 is 53.1 Å². The van der Waals surface area contributed by atoms with E-state index in [4.69, 9.17) is 0 Å². The quantitative estimate of drug-likeness (QED) is 0.354. The second kappa shape index (κ2) is 7.13. The molecule has 0 atom stereocenters. The third-order valence-corrected chi connectivity index (χ3v) is 6.39. The van der Waals surface area contributed by atoms with Crippen molar-refractivity contribution in [2.24, 2.45) is 0 Å². The van der Waals surface area contributed by atoms with Crippen LogP contribution in [0.3, 0.4) is 0 Å². The van der Waals surface area contributed by atoms with Gasteiger partial charge in [0, 0.05) is 6.61 Å². The molecular formula is C14H6F10O2Si. The van der Waals surface area contributed by atoms with Crippen molar-refractivity contribution in [2.75, 3.05) is 6.61 Å². The molecular weight excluding hydrogens is 418 g/mol. The Morgan fingerprint density at radius 2 is 0.778 bits per heavy atom. The van der Waals surface area contributed by atoms with Gasteiger partial charge < -0.3 is 9.22 Å². The minimum Gasteiger partial charge on any atom is -0.404 e. The molecule has 0 spiro atoms. The van der Waals surface area contributed by atoms with Crippen LogP contribution in [0.15, 0.2) is 0 Å². The van der Waals surface area contributed by atoms with Crippen LogP contribution in [0.25, 0.3) is 0 Å². The molecule has 0 aromatic heterocycles. The molecule has 148 valence electrons. The highest BCUT2D eigenvalue weighted by Gasteiger charge is 2.52. The molecule has 0 heterocycles. The predicted octanol–water partition coefficient (Wildman–Crippen LogP) is 2.66. The fourth-order valence-electron chi connectivity index (χ4n) is 2.28. The lowest BCUT2D eigenvalue weighted by Crippen LogP contribution is -2.66. The second-order valence-corrected chi connectivity index (χ2v) is 7.54. The standard InChI is InChI=1S/C14H6F10O2Si/c1-2-26-27(25,13-9(21)5(17)3(15)6(18)10(13)22)14-11(23)7(19)4(16)8(20)12(14)24/h25H,2H2,1H3. The Balaban J connectivity index is 3.04. The van der Waals surface area contributed by atoms with Crippen LogP contribution in [0.4, 0.5) is 43.9 Å². The Kier molecular flexibility index (Phi) is 5.59. The van der Waals surface area contributed by atoms with Crippen molar-refractivity contribution in [3.8, 4) is 0 Å². The Bertz CT molecular complexity index is 806. The highest BCUT2D eigenvalue weighted by atomic mass is 28.4. The van der Waals surface area contributed by atoms with Crippen LogP contribution < -0.4 is 10.4 Å². The van der Waals surface area contributed by atoms with E-state index in [1.54, 1.807) is 0 Å². The van der Waals surface area contributed by atoms with Gasteiger partial charge in [0.2, 0.25) is 11.6 Å². The van der Waals surface area contributed by atoms with Crippen molar-refractivity contribution in [3.63, 3.8) is 0 Å². The lowest BCUT2D eigenvalue weighted by atomic mass is 10.3. The summed E-state index contributed by atoms with van der Waals surface area (Å²) in [6.45, 7) is 0.123. The highest BCUT2D eigenvalue weighted by molar-refractivity contribution is 6.91. The molecule has 0 unspecified atom stereocenters. The zero-order valence-corrected chi connectivity index (χ0v) is 13.8. The Morgan fingerprint density at radius 3 is 1.00 bits per heavy atom. The fraction of sp³-hybridized carbons (Fsp3) is 0.143. The maximum Gasteiger partial charge on any atom is 0.416 e. The van der Waals surface area contributed by atoms with Crippen molar-refractivity contribution >= 4 is 18.9 Å². The van der Waals surface area contributed by atoms with Gasteiger partial charge in [0.1, 0.15) is 0 Å². The van der Waals surface area contributed by atoms with Crippen molar-refractivity contribution in [1.82, 2.24) is 0 Å². The molecule has 27 heavy (non-hydrogen) atoms. The Labute approximate surface area is 144 Å². The molecule has 1 N–H and O–H groups in total. The van der Waals surface area contributed by atoms with E-state index in [-0.39, 0.29) is 0 Å². The second-order valence-electron chi connectivity index (χ2n) is 4.97. The van der Waals surface area contributed by atoms with Crippen LogP contribution in [-0.2, 0) is 4.43 Å². The Morgan fingerprint density at radius 1 is 0.556 bits per heavy atom. The summed E-state index contributed by atoms with van der Waals surface area (Å²) in [7, 11) is -6.14. The molecule has 0 bridgehead atoms. The van der Waals surface area contributed by atoms with Gasteiger partial charge in [-0.1, -0.05) is 0 Å². The van der Waals surface area contributed by atoms with Gasteiger partial charge in [0.05, 0.1) is 10.4 Å². The zero-order chi connectivity index (χ0) is 20.8. The molecule has 0 fully saturated rings. The minimum atomic E-state index is -6.14. The van der Waals surface area contributed by atoms with Gasteiger partial charge in [-0.05, 0) is 6.92 Å². The lowest BCUT2D eigenvalue weighted by molar-refractivity contribution is 0.261. The Hall–Kier alpha value is -2.12. The van der Waals surface area contributed by atoms with E-state index in [0.29, 0.717) is 0 Å². The average molecular weight is 424 g/mol. The van der Waals surface area contributed by atoms with Crippen LogP contribution in [0.1, 0.15) is 6.92 Å². The summed E-state index contributed by atoms with van der Waals surface area (Å²) in [6, 6.07) is 0. The van der Waals surface area contributed by atoms with Crippen LogP contribution >= 0.6 is 0 Å². The predicted molar refractivity (Wildman–Crippen MR) is 71.3 cm³/mol. The lowest BCUT2D eigenvalue weighted by Gasteiger charge is -2.27. The van der Waals surface area contributed by atoms with Crippen LogP contribution in [0.2, 0.25) is 0 Å². The molecule has 2 nitrogen and oxygen atoms in total. The van der Waals surface area contributed by atoms with Gasteiger partial charge in [0.15, 0.2) is 46.5 Å². The summed E-state index contributed by atoms with van der Waals surface area (Å²) in [5, 5.41) is -4.44. The number of hydrogen-bond donors (Lipinski definition) is 1. The average Bonchev–Trinajstić information content (AvgIpc) is 2.62. The van der Waals surface area contributed by atoms with E-state index in [1.165, 1.54) is 0 Å². The number of benzene rings is 2. The molecule has 13 heteroatoms. The zero-order valence-electron chi connectivity index (χ0n) is 12.8. The molecule has 0 saturated carbocycles. The monoisotopic (exact) mass is 424 g/mol. The first-order chi connectivity index (χ1) is 12.4. The van der Waals surface area contributed by atoms with Crippen molar-refractivity contribution in [2.45, 2.75) is 6.92 Å². The van der Waals surface area contributed by atoms with Crippen LogP contribution in [0.5, 0.6) is 0 Å². The molecule has 0 saturated heterocycles. The van der Waals surface area contributed by atoms with Gasteiger partial charge >= 0.3 is 8.56 Å². The van der Waals surface area contributed by atoms with E-state index >= 15 is 0 Å². The summed E-state index contributed by atoms with van der Waals surface area (Å²) in [5.41, 5.74) is 0. The topological polar surface area (TPSA) is 29.5 Å². The first kappa shape index (κ1) is 21.2. The van der Waals surface area contributed by atoms with Crippen LogP contribution in [0, 0.1) is 58.2 Å². The first-order valence-corrected chi connectivity index (χ1v) is 8.67. The smallest absolute Gasteiger partial charge is 0.404 e. The van der Waals surface area contributed by atoms with Gasteiger partial charge in [-0.25, -0.2) is 43.9 Å². The molecule has 2 rings (SSSR count). The maximum atomic E-state index is 14.0. The van der Waals surface area contributed by atoms with Crippen molar-refractivity contribution in [3.05, 3.63) is 58.2 Å². The molecule has 0 aliphatic rings. The number of hydrogen-bond acceptors (Lipinski definition) is 2. The van der Waals surface area contributed by atoms with Crippen molar-refractivity contribution in [1.29, 1.82) is 0 Å². The fourth-order valence-corrected chi connectivity index (χ4v) is 4.87. The minimum absolute atomic E-state index is 0.846. The molecule has 0 radical (unpaired) electrons. The summed E-state index contributed by atoms with van der Waals surface area (Å²) < 4.78 is 140. The normalized spacial score (nSPS) is 12.0. The van der Waals surface area contributed by atoms with E-state index in [2.05, 4.69) is 4.43 Å². The molecule has 0 amide bonds. The third-order valence-electron chi connectivity index (χ3n) is 3.45. The summed E-state index contributed by atoms with van der Waals surface area (Å²) in [4.78, 5) is 10.4. The van der Waals surface area contributed by atoms with Gasteiger partial charge in [0.25, 0.3) is 0 Å². The number of rotatable bonds is 4. The van der Waals surface area contributed by atoms with Crippen LogP contribution in [-0.4, -0.2) is 20.0 Å². The number of halogens is 10. The molecule has 2 aromatic carbocycles. The summed E-state index contributed by atoms with van der Waals surface area (Å²) in [6.07, 6.45) is 0. The third kappa shape index (κ3) is 2.98. The van der Waals surface area contributed by atoms with Gasteiger partial charge in [-0.3, -0.25) is 0 Å². The molecule has 0 aliphatic carbocycles. The molecule has 2 aromatic rings. The SMILES string of the molecule is CCO[Si](O)(c1c(F)c(F)c(F)c(F)c1F)c1c(F)c(F)c(F)c(F)c1F. The van der Waals surface area contributed by atoms with Gasteiger partial charge in [-0.2, -0.15) is 0 Å². The van der Waals surface area contributed by atoms with E-state index in [1.807, 2.05) is 0 Å². The highest BCUT2D eigenvalue weighted by Crippen LogP contribution is 2.23. The molecule has 0 aliphatic heterocycles. The summed E-state index contributed by atoms with van der Waals surface area (Å²) >= 11 is 0. The summed E-state index contributed by atoms with van der Waals surface area (Å²) in [5.74, 6) is -26.7. The largest absolute Gasteiger partial charge is 0.416 e.